The number of hydrogen-bond donors (Lipinski definition) is 3. The van der Waals surface area contributed by atoms with Crippen molar-refractivity contribution in [3.63, 3.8) is 0 Å². The van der Waals surface area contributed by atoms with E-state index in [1.165, 1.54) is 36.5 Å². The van der Waals surface area contributed by atoms with Crippen molar-refractivity contribution in [2.75, 3.05) is 12.0 Å². The molecule has 46 heavy (non-hydrogen) atoms. The maximum atomic E-state index is 13.8. The number of rotatable bonds is 7. The van der Waals surface area contributed by atoms with Crippen LogP contribution in [0.4, 0.5) is 0 Å². The summed E-state index contributed by atoms with van der Waals surface area (Å²) in [6, 6.07) is 15.7. The first kappa shape index (κ1) is 34.5. The summed E-state index contributed by atoms with van der Waals surface area (Å²) < 4.78 is 5.86. The third-order valence-electron chi connectivity index (χ3n) is 7.09. The van der Waals surface area contributed by atoms with Crippen LogP contribution in [-0.2, 0) is 36.9 Å². The van der Waals surface area contributed by atoms with Crippen LogP contribution < -0.4 is 16.0 Å². The summed E-state index contributed by atoms with van der Waals surface area (Å²) in [5.74, 6) is -1.89. The highest BCUT2D eigenvalue weighted by atomic mass is 32.2. The Balaban J connectivity index is 1.70. The first-order chi connectivity index (χ1) is 22.2. The van der Waals surface area contributed by atoms with Crippen molar-refractivity contribution in [3.8, 4) is 0 Å². The van der Waals surface area contributed by atoms with Gasteiger partial charge in [0.2, 0.25) is 5.91 Å². The lowest BCUT2D eigenvalue weighted by Gasteiger charge is -2.23. The lowest BCUT2D eigenvalue weighted by atomic mass is 9.98. The average molecular weight is 661 g/mol. The van der Waals surface area contributed by atoms with E-state index in [0.717, 1.165) is 16.3 Å². The molecule has 3 N–H and O–H groups in total. The van der Waals surface area contributed by atoms with Gasteiger partial charge in [-0.2, -0.15) is 0 Å². The summed E-state index contributed by atoms with van der Waals surface area (Å²) >= 11 is 2.50. The number of benzene rings is 2. The fourth-order valence-electron chi connectivity index (χ4n) is 4.82. The van der Waals surface area contributed by atoms with Gasteiger partial charge >= 0.3 is 5.97 Å². The Labute approximate surface area is 276 Å². The molecule has 1 aliphatic rings. The Bertz CT molecular complexity index is 1680. The van der Waals surface area contributed by atoms with Crippen LogP contribution in [0.15, 0.2) is 83.4 Å². The second-order valence-corrected chi connectivity index (χ2v) is 12.5. The third kappa shape index (κ3) is 9.54. The highest BCUT2D eigenvalue weighted by Crippen LogP contribution is 2.22. The summed E-state index contributed by atoms with van der Waals surface area (Å²) in [5.41, 5.74) is 1.29. The van der Waals surface area contributed by atoms with Gasteiger partial charge in [0.1, 0.15) is 23.5 Å². The molecule has 0 saturated heterocycles. The van der Waals surface area contributed by atoms with Gasteiger partial charge in [-0.1, -0.05) is 66.4 Å². The van der Waals surface area contributed by atoms with Gasteiger partial charge in [-0.15, -0.1) is 11.8 Å². The minimum atomic E-state index is -1.16. The zero-order chi connectivity index (χ0) is 33.1. The van der Waals surface area contributed by atoms with Gasteiger partial charge in [0.05, 0.1) is 18.7 Å². The molecule has 10 nitrogen and oxygen atoms in total. The first-order valence-electron chi connectivity index (χ1n) is 14.7. The Morgan fingerprint density at radius 2 is 1.83 bits per heavy atom. The predicted octanol–water partition coefficient (Wildman–Crippen LogP) is 4.48. The molecular formula is C34H36N4O6S2. The van der Waals surface area contributed by atoms with Gasteiger partial charge in [0, 0.05) is 24.0 Å². The van der Waals surface area contributed by atoms with Crippen molar-refractivity contribution < 1.29 is 28.7 Å². The van der Waals surface area contributed by atoms with E-state index in [9.17, 15) is 24.0 Å². The zero-order valence-corrected chi connectivity index (χ0v) is 27.5. The number of pyridine rings is 1. The molecule has 0 spiro atoms. The first-order valence-corrected chi connectivity index (χ1v) is 17.0. The normalized spacial score (nSPS) is 19.1. The van der Waals surface area contributed by atoms with E-state index in [2.05, 4.69) is 20.9 Å². The molecule has 3 aromatic rings. The molecule has 12 heteroatoms. The Kier molecular flexibility index (Phi) is 12.6. The molecule has 2 aromatic carbocycles. The molecule has 1 aromatic heterocycles. The fraction of sp³-hybridized carbons (Fsp3) is 0.294. The SMILES string of the molecule is C/C=C1\NC(=O)c2nc(ccc2SC)CNC(=O)C[C@@H](/C=C/CCSC(C)=O)OC(=O)[C@H](Cc2cccc3ccccc23)NC1=O. The molecule has 3 amide bonds. The number of cyclic esters (lactones) is 1. The minimum Gasteiger partial charge on any atom is -0.456 e. The Morgan fingerprint density at radius 1 is 1.04 bits per heavy atom. The van der Waals surface area contributed by atoms with Gasteiger partial charge in [-0.3, -0.25) is 19.2 Å². The van der Waals surface area contributed by atoms with E-state index in [4.69, 9.17) is 4.74 Å². The number of nitrogens with one attached hydrogen (secondary N) is 3. The van der Waals surface area contributed by atoms with Gasteiger partial charge in [-0.05, 0) is 54.1 Å². The molecule has 0 unspecified atom stereocenters. The summed E-state index contributed by atoms with van der Waals surface area (Å²) in [4.78, 5) is 70.1. The highest BCUT2D eigenvalue weighted by Gasteiger charge is 2.29. The van der Waals surface area contributed by atoms with Crippen LogP contribution in [0, 0.1) is 0 Å². The largest absolute Gasteiger partial charge is 0.456 e. The number of carbonyl (C=O) groups is 5. The summed E-state index contributed by atoms with van der Waals surface area (Å²) in [5, 5.41) is 10.0. The minimum absolute atomic E-state index is 0.00467. The van der Waals surface area contributed by atoms with Crippen molar-refractivity contribution in [1.82, 2.24) is 20.9 Å². The molecule has 0 saturated carbocycles. The number of allylic oxidation sites excluding steroid dienone is 2. The van der Waals surface area contributed by atoms with Gasteiger partial charge in [0.25, 0.3) is 11.8 Å². The second kappa shape index (κ2) is 16.8. The molecule has 0 aliphatic carbocycles. The van der Waals surface area contributed by atoms with Crippen LogP contribution in [-0.4, -0.2) is 57.9 Å². The Morgan fingerprint density at radius 3 is 2.59 bits per heavy atom. The number of esters is 1. The fourth-order valence-corrected chi connectivity index (χ4v) is 5.89. The molecule has 2 atom stereocenters. The molecule has 4 rings (SSSR count). The number of nitrogens with zero attached hydrogens (tertiary/aromatic N) is 1. The van der Waals surface area contributed by atoms with Crippen LogP contribution in [0.3, 0.4) is 0 Å². The molecular weight excluding hydrogens is 625 g/mol. The van der Waals surface area contributed by atoms with E-state index >= 15 is 0 Å². The average Bonchev–Trinajstić information content (AvgIpc) is 3.04. The van der Waals surface area contributed by atoms with Crippen molar-refractivity contribution in [2.45, 2.75) is 56.7 Å². The smallest absolute Gasteiger partial charge is 0.329 e. The van der Waals surface area contributed by atoms with E-state index in [1.54, 1.807) is 37.5 Å². The summed E-state index contributed by atoms with van der Waals surface area (Å²) in [6.45, 7) is 3.13. The lowest BCUT2D eigenvalue weighted by Crippen LogP contribution is -2.47. The molecule has 2 heterocycles. The number of amides is 3. The number of aromatic nitrogens is 1. The maximum Gasteiger partial charge on any atom is 0.329 e. The van der Waals surface area contributed by atoms with Gasteiger partial charge < -0.3 is 20.7 Å². The molecule has 0 radical (unpaired) electrons. The molecule has 1 aliphatic heterocycles. The highest BCUT2D eigenvalue weighted by molar-refractivity contribution is 8.13. The van der Waals surface area contributed by atoms with E-state index in [-0.39, 0.29) is 35.9 Å². The third-order valence-corrected chi connectivity index (χ3v) is 8.70. The van der Waals surface area contributed by atoms with Crippen LogP contribution in [0.5, 0.6) is 0 Å². The van der Waals surface area contributed by atoms with Gasteiger partial charge in [-0.25, -0.2) is 9.78 Å². The van der Waals surface area contributed by atoms with Crippen molar-refractivity contribution in [2.24, 2.45) is 0 Å². The van der Waals surface area contributed by atoms with E-state index in [1.807, 2.05) is 42.5 Å². The van der Waals surface area contributed by atoms with Crippen molar-refractivity contribution in [1.29, 1.82) is 0 Å². The molecule has 2 bridgehead atoms. The summed E-state index contributed by atoms with van der Waals surface area (Å²) in [7, 11) is 0. The number of thioether (sulfide) groups is 2. The standard InChI is InChI=1S/C34H36N4O6S2/c1-4-27-32(41)38-28(18-23-12-9-11-22-10-5-6-14-26(22)23)34(43)44-25(13-7-8-17-46-21(2)39)19-30(40)35-20-24-15-16-29(45-3)31(36-24)33(42)37-27/h4-7,9-16,25,28H,8,17-20H2,1-3H3,(H,35,40)(H,37,42)(H,38,41)/b13-7+,27-4-/t25-,28+/m1/s1. The topological polar surface area (TPSA) is 144 Å². The molecule has 240 valence electrons. The maximum absolute atomic E-state index is 13.8. The Hall–Kier alpha value is -4.42. The van der Waals surface area contributed by atoms with Gasteiger partial charge in [0.15, 0.2) is 5.12 Å². The van der Waals surface area contributed by atoms with Crippen molar-refractivity contribution in [3.05, 3.63) is 95.5 Å². The van der Waals surface area contributed by atoms with E-state index < -0.39 is 35.8 Å². The monoisotopic (exact) mass is 660 g/mol. The van der Waals surface area contributed by atoms with Crippen LogP contribution in [0.25, 0.3) is 10.8 Å². The lowest BCUT2D eigenvalue weighted by molar-refractivity contribution is -0.151. The predicted molar refractivity (Wildman–Crippen MR) is 180 cm³/mol. The van der Waals surface area contributed by atoms with Crippen molar-refractivity contribution >= 4 is 63.1 Å². The quantitative estimate of drug-likeness (QED) is 0.110. The molecule has 0 fully saturated rings. The number of hydrogen-bond acceptors (Lipinski definition) is 9. The number of carbonyl (C=O) groups excluding carboxylic acids is 5. The van der Waals surface area contributed by atoms with Crippen LogP contribution >= 0.6 is 23.5 Å². The van der Waals surface area contributed by atoms with E-state index in [0.29, 0.717) is 22.8 Å². The number of fused-ring (bicyclic) bond motifs is 3. The zero-order valence-electron chi connectivity index (χ0n) is 25.8. The van der Waals surface area contributed by atoms with Crippen LogP contribution in [0.1, 0.15) is 48.4 Å². The van der Waals surface area contributed by atoms with Crippen LogP contribution in [0.2, 0.25) is 0 Å². The number of ether oxygens (including phenoxy) is 1. The second-order valence-electron chi connectivity index (χ2n) is 10.4. The summed E-state index contributed by atoms with van der Waals surface area (Å²) in [6.07, 6.45) is 6.12.